The van der Waals surface area contributed by atoms with Crippen molar-refractivity contribution in [3.05, 3.63) is 0 Å². The molecule has 0 bridgehead atoms. The van der Waals surface area contributed by atoms with Crippen molar-refractivity contribution in [2.24, 2.45) is 0 Å². The average Bonchev–Trinajstić information content (AvgIpc) is 2.83. The fraction of sp³-hybridized carbons (Fsp3) is 1.00. The van der Waals surface area contributed by atoms with Crippen molar-refractivity contribution in [3.63, 3.8) is 0 Å². The predicted molar refractivity (Wildman–Crippen MR) is 150 cm³/mol. The van der Waals surface area contributed by atoms with Crippen molar-refractivity contribution < 1.29 is 54.5 Å². The monoisotopic (exact) mass is 640 g/mol. The van der Waals surface area contributed by atoms with Crippen LogP contribution in [-0.4, -0.2) is 70.1 Å². The molecule has 2 aliphatic heterocycles. The molecule has 0 saturated carbocycles. The smallest absolute Gasteiger partial charge is 0.309 e. The fourth-order valence-corrected chi connectivity index (χ4v) is 11.8. The van der Waals surface area contributed by atoms with Gasteiger partial charge in [0.25, 0.3) is 0 Å². The lowest BCUT2D eigenvalue weighted by Gasteiger charge is -2.40. The first-order valence-corrected chi connectivity index (χ1v) is 21.1. The van der Waals surface area contributed by atoms with Crippen LogP contribution >= 0.6 is 30.4 Å². The maximum atomic E-state index is 13.2. The van der Waals surface area contributed by atoms with Gasteiger partial charge in [-0.3, -0.25) is 27.3 Å². The molecule has 2 heterocycles. The Morgan fingerprint density at radius 1 is 0.641 bits per heavy atom. The van der Waals surface area contributed by atoms with E-state index in [1.165, 1.54) is 13.3 Å². The van der Waals surface area contributed by atoms with E-state index in [1.807, 2.05) is 0 Å². The van der Waals surface area contributed by atoms with Crippen LogP contribution in [0.1, 0.15) is 79.1 Å². The molecule has 16 heteroatoms. The van der Waals surface area contributed by atoms with Crippen LogP contribution in [0, 0.1) is 0 Å². The van der Waals surface area contributed by atoms with E-state index in [2.05, 4.69) is 13.8 Å². The Bertz CT molecular complexity index is 859. The molecule has 232 valence electrons. The molecule has 0 N–H and O–H groups in total. The van der Waals surface area contributed by atoms with Crippen LogP contribution in [0.4, 0.5) is 0 Å². The van der Waals surface area contributed by atoms with E-state index in [-0.39, 0.29) is 26.4 Å². The summed E-state index contributed by atoms with van der Waals surface area (Å²) < 4.78 is 96.0. The summed E-state index contributed by atoms with van der Waals surface area (Å²) >= 11 is 0. The molecule has 0 radical (unpaired) electrons. The molecule has 2 unspecified atom stereocenters. The lowest BCUT2D eigenvalue weighted by molar-refractivity contribution is -0.0540. The summed E-state index contributed by atoms with van der Waals surface area (Å²) in [5.74, 6) is -0.610. The molecular formula is C23H48O12P4. The highest BCUT2D eigenvalue weighted by Gasteiger charge is 2.51. The van der Waals surface area contributed by atoms with Gasteiger partial charge in [-0.15, -0.1) is 0 Å². The normalized spacial score (nSPS) is 34.8. The van der Waals surface area contributed by atoms with E-state index in [0.29, 0.717) is 13.2 Å². The predicted octanol–water partition coefficient (Wildman–Crippen LogP) is 7.81. The standard InChI is InChI=1S/C23H48O12P4/c1-7-9-11-13-15-28-36(5,24)34-22(3)17-30-38(26,31-18-22)21-39(27)32-19-23(4,20-33-39)35-37(6,25)29-16-14-12-10-8-2/h7-21H2,1-6H3. The molecule has 2 saturated heterocycles. The van der Waals surface area contributed by atoms with Gasteiger partial charge in [0.1, 0.15) is 11.2 Å². The molecule has 2 fully saturated rings. The minimum absolute atomic E-state index is 0.212. The SMILES string of the molecule is CCCCCCOP(C)(=O)OC1(C)COP(=O)(CP2(=O)OCC(C)(OP(C)(=O)OCCCCCC)CO2)OC1. The number of hydrogen-bond acceptors (Lipinski definition) is 12. The van der Waals surface area contributed by atoms with Crippen LogP contribution in [0.3, 0.4) is 0 Å². The third kappa shape index (κ3) is 13.2. The maximum Gasteiger partial charge on any atom is 0.342 e. The molecule has 0 spiro atoms. The van der Waals surface area contributed by atoms with Gasteiger partial charge in [0.2, 0.25) is 0 Å². The summed E-state index contributed by atoms with van der Waals surface area (Å²) in [4.78, 5) is 0. The third-order valence-electron chi connectivity index (χ3n) is 6.03. The zero-order valence-corrected chi connectivity index (χ0v) is 27.9. The zero-order valence-electron chi connectivity index (χ0n) is 24.3. The molecule has 0 aromatic carbocycles. The van der Waals surface area contributed by atoms with E-state index in [0.717, 1.165) is 51.4 Å². The average molecular weight is 641 g/mol. The molecule has 0 aromatic heterocycles. The van der Waals surface area contributed by atoms with Gasteiger partial charge in [-0.2, -0.15) is 0 Å². The van der Waals surface area contributed by atoms with E-state index in [1.54, 1.807) is 13.8 Å². The number of hydrogen-bond donors (Lipinski definition) is 0. The second-order valence-electron chi connectivity index (χ2n) is 10.9. The van der Waals surface area contributed by atoms with E-state index in [4.69, 9.17) is 36.2 Å². The van der Waals surface area contributed by atoms with Gasteiger partial charge < -0.3 is 27.1 Å². The van der Waals surface area contributed by atoms with Crippen LogP contribution in [0.5, 0.6) is 0 Å². The molecule has 0 amide bonds. The van der Waals surface area contributed by atoms with Gasteiger partial charge in [-0.25, -0.2) is 0 Å². The van der Waals surface area contributed by atoms with Gasteiger partial charge in [0.05, 0.1) is 39.6 Å². The maximum absolute atomic E-state index is 13.2. The minimum atomic E-state index is -3.88. The second kappa shape index (κ2) is 15.4. The Labute approximate surface area is 234 Å². The molecule has 12 nitrogen and oxygen atoms in total. The van der Waals surface area contributed by atoms with Crippen molar-refractivity contribution in [1.82, 2.24) is 0 Å². The van der Waals surface area contributed by atoms with Gasteiger partial charge >= 0.3 is 30.4 Å². The first kappa shape index (κ1) is 35.8. The summed E-state index contributed by atoms with van der Waals surface area (Å²) in [5.41, 5.74) is -2.34. The van der Waals surface area contributed by atoms with Gasteiger partial charge in [0.15, 0.2) is 5.90 Å². The summed E-state index contributed by atoms with van der Waals surface area (Å²) in [5, 5.41) is 0. The lowest BCUT2D eigenvalue weighted by atomic mass is 10.1. The quantitative estimate of drug-likeness (QED) is 0.106. The molecule has 2 aliphatic rings. The molecule has 0 aromatic rings. The molecular weight excluding hydrogens is 592 g/mol. The van der Waals surface area contributed by atoms with Gasteiger partial charge in [0, 0.05) is 13.3 Å². The van der Waals surface area contributed by atoms with Crippen molar-refractivity contribution >= 4 is 30.4 Å². The van der Waals surface area contributed by atoms with Crippen molar-refractivity contribution in [2.75, 3.05) is 58.9 Å². The van der Waals surface area contributed by atoms with Crippen LogP contribution in [0.15, 0.2) is 0 Å². The van der Waals surface area contributed by atoms with Crippen LogP contribution in [-0.2, 0) is 54.5 Å². The molecule has 2 atom stereocenters. The highest BCUT2D eigenvalue weighted by Crippen LogP contribution is 2.68. The van der Waals surface area contributed by atoms with Crippen LogP contribution in [0.25, 0.3) is 0 Å². The van der Waals surface area contributed by atoms with E-state index < -0.39 is 47.5 Å². The lowest BCUT2D eigenvalue weighted by Crippen LogP contribution is -2.43. The van der Waals surface area contributed by atoms with Crippen molar-refractivity contribution in [1.29, 1.82) is 0 Å². The highest BCUT2D eigenvalue weighted by molar-refractivity contribution is 7.71. The van der Waals surface area contributed by atoms with E-state index in [9.17, 15) is 18.3 Å². The van der Waals surface area contributed by atoms with Gasteiger partial charge in [-0.05, 0) is 26.7 Å². The summed E-state index contributed by atoms with van der Waals surface area (Å²) in [6.07, 6.45) is 7.81. The fourth-order valence-electron chi connectivity index (χ4n) is 3.95. The van der Waals surface area contributed by atoms with Crippen molar-refractivity contribution in [3.8, 4) is 0 Å². The summed E-state index contributed by atoms with van der Waals surface area (Å²) in [6.45, 7) is 9.95. The molecule has 2 rings (SSSR count). The Hall–Kier alpha value is 0.600. The summed E-state index contributed by atoms with van der Waals surface area (Å²) in [7, 11) is -14.6. The number of rotatable bonds is 18. The van der Waals surface area contributed by atoms with Crippen molar-refractivity contribution in [2.45, 2.75) is 90.3 Å². The Morgan fingerprint density at radius 2 is 0.974 bits per heavy atom. The Balaban J connectivity index is 1.82. The number of unbranched alkanes of at least 4 members (excludes halogenated alkanes) is 6. The first-order chi connectivity index (χ1) is 18.1. The largest absolute Gasteiger partial charge is 0.342 e. The summed E-state index contributed by atoms with van der Waals surface area (Å²) in [6, 6.07) is 0. The molecule has 0 aliphatic carbocycles. The zero-order chi connectivity index (χ0) is 29.3. The first-order valence-electron chi connectivity index (χ1n) is 13.7. The van der Waals surface area contributed by atoms with Gasteiger partial charge in [-0.1, -0.05) is 52.4 Å². The second-order valence-corrected chi connectivity index (χ2v) is 19.4. The molecule has 39 heavy (non-hydrogen) atoms. The van der Waals surface area contributed by atoms with E-state index >= 15 is 0 Å². The Morgan fingerprint density at radius 3 is 1.28 bits per heavy atom. The Kier molecular flexibility index (Phi) is 14.1. The third-order valence-corrected chi connectivity index (χ3v) is 13.7. The highest BCUT2D eigenvalue weighted by atomic mass is 31.2. The minimum Gasteiger partial charge on any atom is -0.309 e. The topological polar surface area (TPSA) is 142 Å². The van der Waals surface area contributed by atoms with Crippen LogP contribution < -0.4 is 0 Å². The van der Waals surface area contributed by atoms with Crippen LogP contribution in [0.2, 0.25) is 0 Å².